The van der Waals surface area contributed by atoms with Gasteiger partial charge in [-0.05, 0) is 36.7 Å². The molecule has 0 aliphatic heterocycles. The maximum Gasteiger partial charge on any atom is 0.193 e. The van der Waals surface area contributed by atoms with E-state index in [1.54, 1.807) is 6.07 Å². The summed E-state index contributed by atoms with van der Waals surface area (Å²) in [7, 11) is 0. The van der Waals surface area contributed by atoms with Crippen LogP contribution in [0.1, 0.15) is 31.9 Å². The molecule has 3 nitrogen and oxygen atoms in total. The number of furan rings is 1. The third-order valence-electron chi connectivity index (χ3n) is 2.50. The van der Waals surface area contributed by atoms with Crippen LogP contribution in [0.3, 0.4) is 0 Å². The van der Waals surface area contributed by atoms with Gasteiger partial charge < -0.3 is 9.52 Å². The van der Waals surface area contributed by atoms with Crippen LogP contribution >= 0.6 is 11.6 Å². The van der Waals surface area contributed by atoms with E-state index in [1.807, 2.05) is 6.07 Å². The zero-order valence-corrected chi connectivity index (χ0v) is 10.5. The van der Waals surface area contributed by atoms with Gasteiger partial charge in [-0.25, -0.2) is 0 Å². The molecule has 16 heavy (non-hydrogen) atoms. The largest absolute Gasteiger partial charge is 0.448 e. The number of unbranched alkanes of at least 4 members (excludes halogenated alkanes) is 2. The number of hydrogen-bond acceptors (Lipinski definition) is 3. The number of hydrogen-bond donors (Lipinski definition) is 1. The number of nitrogens with zero attached hydrogens (tertiary/aromatic N) is 1. The molecule has 1 rings (SSSR count). The van der Waals surface area contributed by atoms with Gasteiger partial charge in [0.05, 0.1) is 13.2 Å². The first kappa shape index (κ1) is 13.6. The van der Waals surface area contributed by atoms with Gasteiger partial charge in [0, 0.05) is 6.54 Å². The van der Waals surface area contributed by atoms with Crippen LogP contribution < -0.4 is 0 Å². The fraction of sp³-hybridized carbons (Fsp3) is 0.667. The zero-order valence-electron chi connectivity index (χ0n) is 9.79. The Morgan fingerprint density at radius 3 is 2.69 bits per heavy atom. The second kappa shape index (κ2) is 7.71. The van der Waals surface area contributed by atoms with Crippen LogP contribution in [-0.4, -0.2) is 29.7 Å². The molecule has 1 aromatic rings. The third-order valence-corrected chi connectivity index (χ3v) is 2.71. The maximum atomic E-state index is 8.98. The summed E-state index contributed by atoms with van der Waals surface area (Å²) in [6.07, 6.45) is 3.59. The van der Waals surface area contributed by atoms with Gasteiger partial charge >= 0.3 is 0 Å². The Bertz CT molecular complexity index is 288. The van der Waals surface area contributed by atoms with Gasteiger partial charge in [0.15, 0.2) is 5.22 Å². The summed E-state index contributed by atoms with van der Waals surface area (Å²) in [5.74, 6) is 0.856. The van der Waals surface area contributed by atoms with Crippen molar-refractivity contribution < 1.29 is 9.52 Å². The van der Waals surface area contributed by atoms with Crippen LogP contribution in [0.25, 0.3) is 0 Å². The molecular weight excluding hydrogens is 226 g/mol. The van der Waals surface area contributed by atoms with Crippen molar-refractivity contribution in [2.75, 3.05) is 19.7 Å². The summed E-state index contributed by atoms with van der Waals surface area (Å²) >= 11 is 5.71. The van der Waals surface area contributed by atoms with Crippen LogP contribution in [0.2, 0.25) is 5.22 Å². The normalized spacial score (nSPS) is 11.2. The fourth-order valence-corrected chi connectivity index (χ4v) is 1.82. The lowest BCUT2D eigenvalue weighted by Crippen LogP contribution is -2.27. The zero-order chi connectivity index (χ0) is 11.8. The molecule has 1 N–H and O–H groups in total. The molecule has 0 fully saturated rings. The lowest BCUT2D eigenvalue weighted by Gasteiger charge is -2.19. The molecule has 92 valence electrons. The molecule has 0 aliphatic rings. The van der Waals surface area contributed by atoms with Crippen molar-refractivity contribution in [2.24, 2.45) is 0 Å². The van der Waals surface area contributed by atoms with E-state index < -0.39 is 0 Å². The minimum Gasteiger partial charge on any atom is -0.448 e. The van der Waals surface area contributed by atoms with E-state index in [-0.39, 0.29) is 6.61 Å². The van der Waals surface area contributed by atoms with E-state index in [0.717, 1.165) is 25.3 Å². The first-order valence-corrected chi connectivity index (χ1v) is 6.21. The molecule has 0 radical (unpaired) electrons. The topological polar surface area (TPSA) is 36.6 Å². The Morgan fingerprint density at radius 1 is 1.31 bits per heavy atom. The van der Waals surface area contributed by atoms with Crippen molar-refractivity contribution in [1.82, 2.24) is 4.90 Å². The second-order valence-electron chi connectivity index (χ2n) is 3.91. The summed E-state index contributed by atoms with van der Waals surface area (Å²) in [6, 6.07) is 3.63. The van der Waals surface area contributed by atoms with Crippen LogP contribution in [0, 0.1) is 0 Å². The van der Waals surface area contributed by atoms with Gasteiger partial charge in [-0.1, -0.05) is 19.8 Å². The van der Waals surface area contributed by atoms with Gasteiger partial charge in [-0.15, -0.1) is 0 Å². The molecule has 0 amide bonds. The van der Waals surface area contributed by atoms with E-state index in [4.69, 9.17) is 21.1 Å². The van der Waals surface area contributed by atoms with E-state index in [2.05, 4.69) is 11.8 Å². The average Bonchev–Trinajstić information content (AvgIpc) is 2.65. The third kappa shape index (κ3) is 5.01. The van der Waals surface area contributed by atoms with Gasteiger partial charge in [0.1, 0.15) is 5.76 Å². The minimum atomic E-state index is 0.181. The molecule has 0 aromatic carbocycles. The standard InChI is InChI=1S/C12H20ClNO2/c1-2-3-4-7-14(8-9-15)10-11-5-6-12(13)16-11/h5-6,15H,2-4,7-10H2,1H3. The molecule has 4 heteroatoms. The molecule has 0 atom stereocenters. The molecule has 0 unspecified atom stereocenters. The molecule has 0 aliphatic carbocycles. The van der Waals surface area contributed by atoms with Gasteiger partial charge in [-0.3, -0.25) is 4.90 Å². The summed E-state index contributed by atoms with van der Waals surface area (Å²) in [5, 5.41) is 9.40. The Labute approximate surface area is 102 Å². The SMILES string of the molecule is CCCCCN(CCO)Cc1ccc(Cl)o1. The summed E-state index contributed by atoms with van der Waals surface area (Å²) < 4.78 is 5.31. The Balaban J connectivity index is 2.37. The van der Waals surface area contributed by atoms with Gasteiger partial charge in [0.25, 0.3) is 0 Å². The predicted molar refractivity (Wildman–Crippen MR) is 65.6 cm³/mol. The summed E-state index contributed by atoms with van der Waals surface area (Å²) in [4.78, 5) is 2.19. The highest BCUT2D eigenvalue weighted by molar-refractivity contribution is 6.28. The summed E-state index contributed by atoms with van der Waals surface area (Å²) in [5.41, 5.74) is 0. The first-order valence-electron chi connectivity index (χ1n) is 5.83. The molecule has 0 saturated heterocycles. The summed E-state index contributed by atoms with van der Waals surface area (Å²) in [6.45, 7) is 4.76. The molecule has 0 saturated carbocycles. The van der Waals surface area contributed by atoms with Crippen LogP contribution in [-0.2, 0) is 6.54 Å². The number of aliphatic hydroxyl groups is 1. The van der Waals surface area contributed by atoms with Gasteiger partial charge in [0.2, 0.25) is 0 Å². The predicted octanol–water partition coefficient (Wildman–Crippen LogP) is 2.92. The van der Waals surface area contributed by atoms with Crippen LogP contribution in [0.4, 0.5) is 0 Å². The number of aliphatic hydroxyl groups excluding tert-OH is 1. The quantitative estimate of drug-likeness (QED) is 0.716. The molecule has 0 spiro atoms. The van der Waals surface area contributed by atoms with E-state index in [1.165, 1.54) is 12.8 Å². The smallest absolute Gasteiger partial charge is 0.193 e. The van der Waals surface area contributed by atoms with Crippen molar-refractivity contribution in [3.63, 3.8) is 0 Å². The molecule has 0 bridgehead atoms. The second-order valence-corrected chi connectivity index (χ2v) is 4.29. The van der Waals surface area contributed by atoms with Crippen LogP contribution in [0.5, 0.6) is 0 Å². The van der Waals surface area contributed by atoms with Crippen molar-refractivity contribution in [1.29, 1.82) is 0 Å². The average molecular weight is 246 g/mol. The van der Waals surface area contributed by atoms with E-state index in [9.17, 15) is 0 Å². The Morgan fingerprint density at radius 2 is 2.12 bits per heavy atom. The van der Waals surface area contributed by atoms with Gasteiger partial charge in [-0.2, -0.15) is 0 Å². The van der Waals surface area contributed by atoms with Crippen LogP contribution in [0.15, 0.2) is 16.5 Å². The lowest BCUT2D eigenvalue weighted by molar-refractivity contribution is 0.178. The first-order chi connectivity index (χ1) is 7.76. The highest BCUT2D eigenvalue weighted by atomic mass is 35.5. The Hall–Kier alpha value is -0.510. The molecule has 1 aromatic heterocycles. The van der Waals surface area contributed by atoms with E-state index >= 15 is 0 Å². The molecular formula is C12H20ClNO2. The highest BCUT2D eigenvalue weighted by Crippen LogP contribution is 2.15. The Kier molecular flexibility index (Phi) is 6.53. The van der Waals surface area contributed by atoms with Crippen molar-refractivity contribution >= 4 is 11.6 Å². The van der Waals surface area contributed by atoms with Crippen molar-refractivity contribution in [3.05, 3.63) is 23.1 Å². The van der Waals surface area contributed by atoms with Crippen molar-refractivity contribution in [3.8, 4) is 0 Å². The lowest BCUT2D eigenvalue weighted by atomic mass is 10.2. The fourth-order valence-electron chi connectivity index (χ4n) is 1.65. The highest BCUT2D eigenvalue weighted by Gasteiger charge is 2.07. The maximum absolute atomic E-state index is 8.98. The monoisotopic (exact) mass is 245 g/mol. The van der Waals surface area contributed by atoms with Crippen molar-refractivity contribution in [2.45, 2.75) is 32.7 Å². The molecule has 1 heterocycles. The van der Waals surface area contributed by atoms with E-state index in [0.29, 0.717) is 11.8 Å². The minimum absolute atomic E-state index is 0.181. The number of rotatable bonds is 8. The number of halogens is 1.